The third-order valence-electron chi connectivity index (χ3n) is 0.201. The molecule has 0 fully saturated rings. The molecule has 0 aromatic heterocycles. The SMILES string of the molecule is C=C[C](=O)[Y].[Nb]. The Morgan fingerprint density at radius 1 is 1.83 bits per heavy atom. The maximum Gasteiger partial charge on any atom is 0 e. The van der Waals surface area contributed by atoms with E-state index in [-0.39, 0.29) is 25.0 Å². The number of carbonyl (C=O) groups is 1. The van der Waals surface area contributed by atoms with Crippen molar-refractivity contribution in [2.45, 2.75) is 0 Å². The molecule has 0 atom stereocenters. The van der Waals surface area contributed by atoms with E-state index in [0.29, 0.717) is 31.0 Å². The van der Waals surface area contributed by atoms with Crippen molar-refractivity contribution in [2.24, 2.45) is 0 Å². The zero-order chi connectivity index (χ0) is 4.28. The predicted molar refractivity (Wildman–Crippen MR) is 15.2 cm³/mol. The molecule has 0 saturated carbocycles. The van der Waals surface area contributed by atoms with Gasteiger partial charge in [-0.3, -0.25) is 0 Å². The van der Waals surface area contributed by atoms with E-state index < -0.39 is 0 Å². The van der Waals surface area contributed by atoms with Crippen LogP contribution in [0.5, 0.6) is 0 Å². The Labute approximate surface area is 72.5 Å². The van der Waals surface area contributed by atoms with Crippen molar-refractivity contribution >= 4 is 2.59 Å². The fourth-order valence-corrected chi connectivity index (χ4v) is 0. The molecule has 6 heavy (non-hydrogen) atoms. The van der Waals surface area contributed by atoms with E-state index in [1.54, 1.807) is 0 Å². The number of carbonyl (C=O) groups excluding carboxylic acids is 1. The minimum atomic E-state index is 0. The van der Waals surface area contributed by atoms with Crippen LogP contribution in [-0.4, -0.2) is 2.59 Å². The molecule has 29 valence electrons. The standard InChI is InChI=1S/C3H3O.Nb.Y/c1-2-3-4;;/h2H,1H2;;. The second-order valence-electron chi connectivity index (χ2n) is 0.606. The quantitative estimate of drug-likeness (QED) is 0.471. The van der Waals surface area contributed by atoms with Gasteiger partial charge in [-0.1, -0.05) is 0 Å². The summed E-state index contributed by atoms with van der Waals surface area (Å²) in [6.45, 7) is 3.24. The van der Waals surface area contributed by atoms with Gasteiger partial charge in [-0.05, 0) is 0 Å². The third-order valence-corrected chi connectivity index (χ3v) is 0.781. The van der Waals surface area contributed by atoms with E-state index in [0.717, 1.165) is 0 Å². The van der Waals surface area contributed by atoms with Gasteiger partial charge in [-0.15, -0.1) is 0 Å². The minimum Gasteiger partial charge on any atom is 0 e. The average molecular weight is 237 g/mol. The molecule has 0 N–H and O–H groups in total. The topological polar surface area (TPSA) is 17.1 Å². The molecule has 0 unspecified atom stereocenters. The van der Waals surface area contributed by atoms with Crippen molar-refractivity contribution in [3.63, 3.8) is 0 Å². The van der Waals surface area contributed by atoms with Crippen molar-refractivity contribution in [1.29, 1.82) is 0 Å². The summed E-state index contributed by atoms with van der Waals surface area (Å²) in [4.78, 5) is 9.75. The van der Waals surface area contributed by atoms with Crippen LogP contribution in [0.2, 0.25) is 0 Å². The van der Waals surface area contributed by atoms with Gasteiger partial charge >= 0.3 is 51.0 Å². The normalized spacial score (nSPS) is 5.17. The fraction of sp³-hybridized carbons (Fsp3) is 0. The molecule has 1 nitrogen and oxygen atoms in total. The Kier molecular flexibility index (Phi) is 10.7. The monoisotopic (exact) mass is 237 g/mol. The molecule has 0 saturated heterocycles. The molecular weight excluding hydrogens is 234 g/mol. The molecule has 0 heterocycles. The maximum atomic E-state index is 9.75. The van der Waals surface area contributed by atoms with Crippen molar-refractivity contribution in [3.8, 4) is 0 Å². The average Bonchev–Trinajstić information content (AvgIpc) is 1.38. The predicted octanol–water partition coefficient (Wildman–Crippen LogP) is 0.243. The number of rotatable bonds is 1. The molecule has 1 radical (unpaired) electrons. The number of hydrogen-bond acceptors (Lipinski definition) is 1. The summed E-state index contributed by atoms with van der Waals surface area (Å²) in [5.41, 5.74) is 0. The van der Waals surface area contributed by atoms with Gasteiger partial charge < -0.3 is 0 Å². The van der Waals surface area contributed by atoms with Crippen molar-refractivity contribution in [3.05, 3.63) is 12.7 Å². The smallest absolute Gasteiger partial charge is 0 e. The molecule has 0 aromatic carbocycles. The summed E-state index contributed by atoms with van der Waals surface area (Å²) in [6, 6.07) is 0. The second-order valence-corrected chi connectivity index (χ2v) is 2.01. The van der Waals surface area contributed by atoms with E-state index in [9.17, 15) is 4.79 Å². The van der Waals surface area contributed by atoms with Crippen LogP contribution >= 0.6 is 0 Å². The molecule has 0 amide bonds. The number of hydrogen-bond donors (Lipinski definition) is 0. The van der Waals surface area contributed by atoms with E-state index in [1.165, 1.54) is 6.08 Å². The zero-order valence-electron chi connectivity index (χ0n) is 3.22. The van der Waals surface area contributed by atoms with E-state index in [2.05, 4.69) is 6.58 Å². The molecule has 0 aliphatic carbocycles. The fourth-order valence-electron chi connectivity index (χ4n) is 0. The van der Waals surface area contributed by atoms with Gasteiger partial charge in [0.25, 0.3) is 0 Å². The van der Waals surface area contributed by atoms with Crippen LogP contribution in [0.3, 0.4) is 0 Å². The molecule has 0 aliphatic rings. The Morgan fingerprint density at radius 2 is 2.00 bits per heavy atom. The van der Waals surface area contributed by atoms with Gasteiger partial charge in [-0.25, -0.2) is 0 Å². The summed E-state index contributed by atoms with van der Waals surface area (Å²) in [7, 11) is 0. The van der Waals surface area contributed by atoms with Gasteiger partial charge in [0.2, 0.25) is 0 Å². The molecule has 0 bridgehead atoms. The van der Waals surface area contributed by atoms with Crippen LogP contribution in [0.15, 0.2) is 12.7 Å². The minimum absolute atomic E-state index is 0. The summed E-state index contributed by atoms with van der Waals surface area (Å²) < 4.78 is 0.149. The Balaban J connectivity index is 0. The summed E-state index contributed by atoms with van der Waals surface area (Å²) in [5, 5.41) is 0. The van der Waals surface area contributed by atoms with Crippen LogP contribution in [-0.2, 0) is 58.1 Å². The first-order valence-corrected chi connectivity index (χ1v) is 2.61. The van der Waals surface area contributed by atoms with Gasteiger partial charge in [-0.2, -0.15) is 0 Å². The molecule has 3 heteroatoms. The van der Waals surface area contributed by atoms with Crippen LogP contribution in [0.1, 0.15) is 0 Å². The van der Waals surface area contributed by atoms with Crippen molar-refractivity contribution in [2.75, 3.05) is 0 Å². The van der Waals surface area contributed by atoms with Crippen molar-refractivity contribution in [1.82, 2.24) is 0 Å². The van der Waals surface area contributed by atoms with E-state index in [1.807, 2.05) is 0 Å². The molecule has 0 aliphatic heterocycles. The van der Waals surface area contributed by atoms with Crippen LogP contribution < -0.4 is 0 Å². The maximum absolute atomic E-state index is 9.75. The van der Waals surface area contributed by atoms with Crippen LogP contribution in [0.4, 0.5) is 0 Å². The Hall–Kier alpha value is 1.25. The van der Waals surface area contributed by atoms with Gasteiger partial charge in [0.05, 0.1) is 0 Å². The summed E-state index contributed by atoms with van der Waals surface area (Å²) in [6.07, 6.45) is 1.34. The van der Waals surface area contributed by atoms with Crippen LogP contribution in [0.25, 0.3) is 0 Å². The molecular formula is C3H3NbOY. The van der Waals surface area contributed by atoms with Crippen LogP contribution in [0, 0.1) is 0 Å². The van der Waals surface area contributed by atoms with Gasteiger partial charge in [0.1, 0.15) is 0 Å². The first-order valence-electron chi connectivity index (χ1n) is 1.19. The first-order chi connectivity index (χ1) is 2.27. The Morgan fingerprint density at radius 3 is 2.00 bits per heavy atom. The molecule has 0 aromatic rings. The first kappa shape index (κ1) is 10.3. The summed E-state index contributed by atoms with van der Waals surface area (Å²) in [5.74, 6) is 0. The summed E-state index contributed by atoms with van der Waals surface area (Å²) >= 11 is 0.667. The Bertz CT molecular complexity index is 61.8. The van der Waals surface area contributed by atoms with Gasteiger partial charge in [0.15, 0.2) is 0 Å². The molecule has 0 rings (SSSR count). The molecule has 0 spiro atoms. The zero-order valence-corrected chi connectivity index (χ0v) is 8.25. The largest absolute Gasteiger partial charge is 0 e. The second kappa shape index (κ2) is 6.25. The third kappa shape index (κ3) is 8.98. The van der Waals surface area contributed by atoms with E-state index >= 15 is 0 Å². The van der Waals surface area contributed by atoms with Crippen molar-refractivity contribution < 1.29 is 58.1 Å². The van der Waals surface area contributed by atoms with Gasteiger partial charge in [0, 0.05) is 22.4 Å². The number of allylic oxidation sites excluding steroid dienone is 1. The van der Waals surface area contributed by atoms with E-state index in [4.69, 9.17) is 0 Å².